The summed E-state index contributed by atoms with van der Waals surface area (Å²) in [6.45, 7) is 1.63. The fourth-order valence-electron chi connectivity index (χ4n) is 1.73. The maximum absolute atomic E-state index is 12.1. The standard InChI is InChI=1S/C13H10ClIN2O3/c1-6-11(13(19)20)10(5-16-6)17-12(18)7-2-3-9(15)8(14)4-7/h2-5,16H,1H3,(H,17,18)(H,19,20). The number of carbonyl (C=O) groups excluding carboxylic acids is 1. The Bertz CT molecular complexity index is 697. The van der Waals surface area contributed by atoms with Crippen molar-refractivity contribution in [3.05, 3.63) is 49.8 Å². The molecule has 1 amide bonds. The van der Waals surface area contributed by atoms with Gasteiger partial charge in [0.2, 0.25) is 0 Å². The van der Waals surface area contributed by atoms with Crippen LogP contribution in [0.15, 0.2) is 24.4 Å². The number of H-pyrrole nitrogens is 1. The van der Waals surface area contributed by atoms with Crippen LogP contribution in [-0.4, -0.2) is 22.0 Å². The van der Waals surface area contributed by atoms with Gasteiger partial charge in [-0.2, -0.15) is 0 Å². The van der Waals surface area contributed by atoms with Crippen LogP contribution >= 0.6 is 34.2 Å². The molecule has 0 unspecified atom stereocenters. The first-order valence-corrected chi connectivity index (χ1v) is 7.03. The maximum atomic E-state index is 12.1. The molecule has 0 saturated heterocycles. The molecule has 0 atom stereocenters. The molecule has 7 heteroatoms. The third-order valence-electron chi connectivity index (χ3n) is 2.72. The zero-order chi connectivity index (χ0) is 14.9. The Labute approximate surface area is 133 Å². The molecule has 0 aliphatic carbocycles. The average Bonchev–Trinajstić information content (AvgIpc) is 2.73. The predicted molar refractivity (Wildman–Crippen MR) is 84.6 cm³/mol. The smallest absolute Gasteiger partial charge is 0.339 e. The molecule has 20 heavy (non-hydrogen) atoms. The van der Waals surface area contributed by atoms with Gasteiger partial charge in [0.05, 0.1) is 10.7 Å². The molecule has 0 aliphatic rings. The van der Waals surface area contributed by atoms with E-state index in [-0.39, 0.29) is 11.3 Å². The van der Waals surface area contributed by atoms with Crippen LogP contribution in [0.2, 0.25) is 5.02 Å². The number of aromatic nitrogens is 1. The van der Waals surface area contributed by atoms with E-state index in [4.69, 9.17) is 16.7 Å². The van der Waals surface area contributed by atoms with Crippen LogP contribution in [-0.2, 0) is 0 Å². The van der Waals surface area contributed by atoms with Crippen molar-refractivity contribution in [2.24, 2.45) is 0 Å². The summed E-state index contributed by atoms with van der Waals surface area (Å²) < 4.78 is 0.838. The Morgan fingerprint density at radius 1 is 1.40 bits per heavy atom. The molecule has 104 valence electrons. The first-order valence-electron chi connectivity index (χ1n) is 5.58. The number of aromatic amines is 1. The van der Waals surface area contributed by atoms with Gasteiger partial charge in [-0.25, -0.2) is 4.79 Å². The van der Waals surface area contributed by atoms with Crippen LogP contribution in [0.5, 0.6) is 0 Å². The minimum absolute atomic E-state index is 0.0509. The number of benzene rings is 1. The lowest BCUT2D eigenvalue weighted by molar-refractivity contribution is 0.0697. The van der Waals surface area contributed by atoms with Gasteiger partial charge in [-0.3, -0.25) is 4.79 Å². The molecule has 0 saturated carbocycles. The summed E-state index contributed by atoms with van der Waals surface area (Å²) in [5.74, 6) is -1.51. The molecule has 0 radical (unpaired) electrons. The lowest BCUT2D eigenvalue weighted by Crippen LogP contribution is -2.14. The molecule has 1 heterocycles. The van der Waals surface area contributed by atoms with Gasteiger partial charge in [0.1, 0.15) is 5.56 Å². The Morgan fingerprint density at radius 3 is 2.70 bits per heavy atom. The highest BCUT2D eigenvalue weighted by Gasteiger charge is 2.18. The fraction of sp³-hybridized carbons (Fsp3) is 0.0769. The van der Waals surface area contributed by atoms with Crippen LogP contribution in [0.3, 0.4) is 0 Å². The Morgan fingerprint density at radius 2 is 2.10 bits per heavy atom. The Balaban J connectivity index is 2.28. The van der Waals surface area contributed by atoms with Crippen molar-refractivity contribution in [2.75, 3.05) is 5.32 Å². The summed E-state index contributed by atoms with van der Waals surface area (Å²) >= 11 is 8.02. The summed E-state index contributed by atoms with van der Waals surface area (Å²) in [4.78, 5) is 26.0. The highest BCUT2D eigenvalue weighted by molar-refractivity contribution is 14.1. The quantitative estimate of drug-likeness (QED) is 0.685. The molecular weight excluding hydrogens is 395 g/mol. The molecule has 2 aromatic rings. The second kappa shape index (κ2) is 5.84. The number of hydrogen-bond donors (Lipinski definition) is 3. The molecule has 5 nitrogen and oxygen atoms in total. The maximum Gasteiger partial charge on any atom is 0.339 e. The largest absolute Gasteiger partial charge is 0.478 e. The molecule has 3 N–H and O–H groups in total. The highest BCUT2D eigenvalue weighted by Crippen LogP contribution is 2.22. The van der Waals surface area contributed by atoms with Crippen molar-refractivity contribution in [1.29, 1.82) is 0 Å². The number of nitrogens with one attached hydrogen (secondary N) is 2. The second-order valence-corrected chi connectivity index (χ2v) is 5.66. The average molecular weight is 405 g/mol. The minimum atomic E-state index is -1.10. The van der Waals surface area contributed by atoms with E-state index < -0.39 is 11.9 Å². The number of halogens is 2. The molecular formula is C13H10ClIN2O3. The number of carboxylic acids is 1. The van der Waals surface area contributed by atoms with Crippen molar-refractivity contribution in [2.45, 2.75) is 6.92 Å². The molecule has 0 fully saturated rings. The van der Waals surface area contributed by atoms with Crippen molar-refractivity contribution in [3.8, 4) is 0 Å². The third-order valence-corrected chi connectivity index (χ3v) is 4.29. The molecule has 1 aromatic heterocycles. The Kier molecular flexibility index (Phi) is 4.34. The molecule has 0 spiro atoms. The summed E-state index contributed by atoms with van der Waals surface area (Å²) in [5, 5.41) is 12.1. The van der Waals surface area contributed by atoms with Crippen LogP contribution in [0.1, 0.15) is 26.4 Å². The van der Waals surface area contributed by atoms with Crippen molar-refractivity contribution in [1.82, 2.24) is 4.98 Å². The zero-order valence-corrected chi connectivity index (χ0v) is 13.2. The number of aromatic carboxylic acids is 1. The van der Waals surface area contributed by atoms with Gasteiger partial charge < -0.3 is 15.4 Å². The highest BCUT2D eigenvalue weighted by atomic mass is 127. The van der Waals surface area contributed by atoms with Crippen molar-refractivity contribution < 1.29 is 14.7 Å². The molecule has 2 rings (SSSR count). The van der Waals surface area contributed by atoms with E-state index in [9.17, 15) is 9.59 Å². The number of anilines is 1. The number of aryl methyl sites for hydroxylation is 1. The monoisotopic (exact) mass is 404 g/mol. The predicted octanol–water partition coefficient (Wildman–Crippen LogP) is 3.53. The number of carboxylic acid groups (broad SMARTS) is 1. The van der Waals surface area contributed by atoms with Crippen molar-refractivity contribution >= 4 is 51.8 Å². The first-order chi connectivity index (χ1) is 9.40. The minimum Gasteiger partial charge on any atom is -0.478 e. The van der Waals surface area contributed by atoms with Crippen LogP contribution < -0.4 is 5.32 Å². The number of amides is 1. The summed E-state index contributed by atoms with van der Waals surface area (Å²) in [6.07, 6.45) is 1.45. The Hall–Kier alpha value is -1.54. The van der Waals surface area contributed by atoms with E-state index in [0.717, 1.165) is 3.57 Å². The van der Waals surface area contributed by atoms with Gasteiger partial charge in [-0.15, -0.1) is 0 Å². The van der Waals surface area contributed by atoms with Gasteiger partial charge in [0.15, 0.2) is 0 Å². The van der Waals surface area contributed by atoms with E-state index in [1.165, 1.54) is 6.20 Å². The lowest BCUT2D eigenvalue weighted by atomic mass is 10.2. The SMILES string of the molecule is Cc1[nH]cc(NC(=O)c2ccc(I)c(Cl)c2)c1C(=O)O. The normalized spacial score (nSPS) is 10.3. The first kappa shape index (κ1) is 14.9. The summed E-state index contributed by atoms with van der Waals surface area (Å²) in [7, 11) is 0. The zero-order valence-electron chi connectivity index (χ0n) is 10.3. The number of rotatable bonds is 3. The van der Waals surface area contributed by atoms with E-state index in [1.807, 2.05) is 0 Å². The molecule has 0 bridgehead atoms. The fourth-order valence-corrected chi connectivity index (χ4v) is 2.25. The van der Waals surface area contributed by atoms with Gasteiger partial charge >= 0.3 is 5.97 Å². The summed E-state index contributed by atoms with van der Waals surface area (Å²) in [5.41, 5.74) is 1.13. The van der Waals surface area contributed by atoms with Gasteiger partial charge in [0.25, 0.3) is 5.91 Å². The van der Waals surface area contributed by atoms with Crippen LogP contribution in [0.4, 0.5) is 5.69 Å². The van der Waals surface area contributed by atoms with Gasteiger partial charge in [0, 0.05) is 21.0 Å². The second-order valence-electron chi connectivity index (χ2n) is 4.09. The summed E-state index contributed by atoms with van der Waals surface area (Å²) in [6, 6.07) is 4.89. The van der Waals surface area contributed by atoms with Gasteiger partial charge in [-0.05, 0) is 47.7 Å². The molecule has 0 aliphatic heterocycles. The van der Waals surface area contributed by atoms with E-state index in [2.05, 4.69) is 32.9 Å². The lowest BCUT2D eigenvalue weighted by Gasteiger charge is -2.06. The van der Waals surface area contributed by atoms with Crippen molar-refractivity contribution in [3.63, 3.8) is 0 Å². The van der Waals surface area contributed by atoms with E-state index in [0.29, 0.717) is 16.3 Å². The van der Waals surface area contributed by atoms with Gasteiger partial charge in [-0.1, -0.05) is 11.6 Å². The number of carbonyl (C=O) groups is 2. The third kappa shape index (κ3) is 2.96. The van der Waals surface area contributed by atoms with Crippen LogP contribution in [0.25, 0.3) is 0 Å². The van der Waals surface area contributed by atoms with E-state index >= 15 is 0 Å². The topological polar surface area (TPSA) is 82.2 Å². The van der Waals surface area contributed by atoms with Crippen LogP contribution in [0, 0.1) is 10.5 Å². The molecule has 1 aromatic carbocycles. The number of hydrogen-bond acceptors (Lipinski definition) is 2. The van der Waals surface area contributed by atoms with E-state index in [1.54, 1.807) is 25.1 Å².